The molecule has 1 aromatic heterocycles. The quantitative estimate of drug-likeness (QED) is 0.890. The molecule has 0 bridgehead atoms. The first-order valence-corrected chi connectivity index (χ1v) is 6.94. The summed E-state index contributed by atoms with van der Waals surface area (Å²) in [5.74, 6) is -0.290. The number of aliphatic hydroxyl groups excluding tert-OH is 1. The second-order valence-corrected chi connectivity index (χ2v) is 5.48. The second kappa shape index (κ2) is 6.34. The molecule has 6 heteroatoms. The zero-order valence-corrected chi connectivity index (χ0v) is 11.9. The van der Waals surface area contributed by atoms with E-state index in [1.54, 1.807) is 0 Å². The van der Waals surface area contributed by atoms with E-state index in [2.05, 4.69) is 5.32 Å². The Labute approximate surface area is 120 Å². The Balaban J connectivity index is 2.24. The van der Waals surface area contributed by atoms with Crippen molar-refractivity contribution in [1.82, 2.24) is 5.32 Å². The van der Waals surface area contributed by atoms with Gasteiger partial charge in [0.1, 0.15) is 4.88 Å². The smallest absolute Gasteiger partial charge is 0.263 e. The van der Waals surface area contributed by atoms with Gasteiger partial charge < -0.3 is 15.2 Å². The van der Waals surface area contributed by atoms with Gasteiger partial charge in [0.2, 0.25) is 0 Å². The molecular weight excluding hydrogens is 286 g/mol. The molecule has 2 aromatic rings. The van der Waals surface area contributed by atoms with Crippen molar-refractivity contribution >= 4 is 38.9 Å². The van der Waals surface area contributed by atoms with E-state index in [9.17, 15) is 4.79 Å². The molecule has 1 unspecified atom stereocenters. The standard InChI is InChI=1S/C13H14ClNO3S/c1-18-7-8(6-16)15-13(17)12-11(14)9-4-2-3-5-10(9)19-12/h2-5,8,16H,6-7H2,1H3,(H,15,17). The van der Waals surface area contributed by atoms with E-state index in [1.165, 1.54) is 18.4 Å². The van der Waals surface area contributed by atoms with E-state index in [0.717, 1.165) is 10.1 Å². The topological polar surface area (TPSA) is 58.6 Å². The summed E-state index contributed by atoms with van der Waals surface area (Å²) in [6.45, 7) is 0.0762. The third kappa shape index (κ3) is 3.06. The van der Waals surface area contributed by atoms with Crippen molar-refractivity contribution in [3.8, 4) is 0 Å². The van der Waals surface area contributed by atoms with Crippen molar-refractivity contribution < 1.29 is 14.6 Å². The molecule has 19 heavy (non-hydrogen) atoms. The molecule has 0 saturated carbocycles. The van der Waals surface area contributed by atoms with Crippen LogP contribution in [0.2, 0.25) is 5.02 Å². The first-order chi connectivity index (χ1) is 9.17. The molecule has 102 valence electrons. The number of hydrogen-bond acceptors (Lipinski definition) is 4. The highest BCUT2D eigenvalue weighted by atomic mass is 35.5. The average molecular weight is 300 g/mol. The van der Waals surface area contributed by atoms with Crippen molar-refractivity contribution in [2.45, 2.75) is 6.04 Å². The number of fused-ring (bicyclic) bond motifs is 1. The van der Waals surface area contributed by atoms with E-state index in [1.807, 2.05) is 24.3 Å². The van der Waals surface area contributed by atoms with Crippen molar-refractivity contribution in [2.24, 2.45) is 0 Å². The number of ether oxygens (including phenoxy) is 1. The van der Waals surface area contributed by atoms with Gasteiger partial charge in [0, 0.05) is 17.2 Å². The van der Waals surface area contributed by atoms with Crippen molar-refractivity contribution in [3.05, 3.63) is 34.2 Å². The predicted molar refractivity (Wildman–Crippen MR) is 77.1 cm³/mol. The maximum atomic E-state index is 12.1. The molecule has 0 aliphatic rings. The molecular formula is C13H14ClNO3S. The predicted octanol–water partition coefficient (Wildman–Crippen LogP) is 2.29. The van der Waals surface area contributed by atoms with Gasteiger partial charge in [-0.15, -0.1) is 11.3 Å². The number of benzene rings is 1. The third-order valence-electron chi connectivity index (χ3n) is 2.66. The molecule has 1 amide bonds. The second-order valence-electron chi connectivity index (χ2n) is 4.05. The van der Waals surface area contributed by atoms with Gasteiger partial charge in [0.25, 0.3) is 5.91 Å². The summed E-state index contributed by atoms with van der Waals surface area (Å²) in [5, 5.41) is 13.2. The summed E-state index contributed by atoms with van der Waals surface area (Å²) < 4.78 is 5.88. The molecule has 1 aromatic carbocycles. The molecule has 2 rings (SSSR count). The van der Waals surface area contributed by atoms with Crippen molar-refractivity contribution in [3.63, 3.8) is 0 Å². The highest BCUT2D eigenvalue weighted by molar-refractivity contribution is 7.21. The van der Waals surface area contributed by atoms with Crippen LogP contribution < -0.4 is 5.32 Å². The van der Waals surface area contributed by atoms with E-state index in [4.69, 9.17) is 21.4 Å². The molecule has 4 nitrogen and oxygen atoms in total. The van der Waals surface area contributed by atoms with Crippen LogP contribution in [-0.4, -0.2) is 37.4 Å². The number of thiophene rings is 1. The third-order valence-corrected chi connectivity index (χ3v) is 4.34. The van der Waals surface area contributed by atoms with Crippen LogP contribution in [0.1, 0.15) is 9.67 Å². The fourth-order valence-electron chi connectivity index (χ4n) is 1.75. The fourth-order valence-corrected chi connectivity index (χ4v) is 3.17. The molecule has 0 aliphatic heterocycles. The van der Waals surface area contributed by atoms with Crippen LogP contribution in [0, 0.1) is 0 Å². The number of halogens is 1. The summed E-state index contributed by atoms with van der Waals surface area (Å²) in [6, 6.07) is 7.15. The monoisotopic (exact) mass is 299 g/mol. The Morgan fingerprint density at radius 3 is 2.89 bits per heavy atom. The van der Waals surface area contributed by atoms with Gasteiger partial charge in [0.05, 0.1) is 24.3 Å². The number of amides is 1. The first-order valence-electron chi connectivity index (χ1n) is 5.75. The molecule has 2 N–H and O–H groups in total. The molecule has 0 radical (unpaired) electrons. The summed E-state index contributed by atoms with van der Waals surface area (Å²) in [7, 11) is 1.52. The van der Waals surface area contributed by atoms with E-state index < -0.39 is 6.04 Å². The largest absolute Gasteiger partial charge is 0.394 e. The zero-order valence-electron chi connectivity index (χ0n) is 10.4. The zero-order chi connectivity index (χ0) is 13.8. The summed E-state index contributed by atoms with van der Waals surface area (Å²) >= 11 is 7.55. The maximum Gasteiger partial charge on any atom is 0.263 e. The number of nitrogens with one attached hydrogen (secondary N) is 1. The number of aliphatic hydroxyl groups is 1. The lowest BCUT2D eigenvalue weighted by Crippen LogP contribution is -2.40. The van der Waals surface area contributed by atoms with Crippen LogP contribution in [0.15, 0.2) is 24.3 Å². The Morgan fingerprint density at radius 2 is 2.26 bits per heavy atom. The minimum absolute atomic E-state index is 0.178. The molecule has 0 aliphatic carbocycles. The molecule has 1 atom stereocenters. The maximum absolute atomic E-state index is 12.1. The van der Waals surface area contributed by atoms with Gasteiger partial charge in [-0.05, 0) is 6.07 Å². The van der Waals surface area contributed by atoms with Crippen LogP contribution in [0.3, 0.4) is 0 Å². The lowest BCUT2D eigenvalue weighted by molar-refractivity contribution is 0.0843. The number of rotatable bonds is 5. The molecule has 0 saturated heterocycles. The Morgan fingerprint density at radius 1 is 1.53 bits per heavy atom. The Kier molecular flexibility index (Phi) is 4.76. The summed E-state index contributed by atoms with van der Waals surface area (Å²) in [5.41, 5.74) is 0. The molecule has 0 spiro atoms. The Bertz CT molecular complexity index is 584. The average Bonchev–Trinajstić information content (AvgIpc) is 2.76. The highest BCUT2D eigenvalue weighted by Crippen LogP contribution is 2.34. The van der Waals surface area contributed by atoms with Gasteiger partial charge in [0.15, 0.2) is 0 Å². The number of carbonyl (C=O) groups is 1. The minimum Gasteiger partial charge on any atom is -0.394 e. The van der Waals surface area contributed by atoms with Crippen LogP contribution in [-0.2, 0) is 4.74 Å². The van der Waals surface area contributed by atoms with Crippen LogP contribution in [0.25, 0.3) is 10.1 Å². The van der Waals surface area contributed by atoms with Gasteiger partial charge in [-0.25, -0.2) is 0 Å². The van der Waals surface area contributed by atoms with Gasteiger partial charge in [-0.3, -0.25) is 4.79 Å². The van der Waals surface area contributed by atoms with E-state index >= 15 is 0 Å². The highest BCUT2D eigenvalue weighted by Gasteiger charge is 2.19. The van der Waals surface area contributed by atoms with Gasteiger partial charge in [-0.1, -0.05) is 29.8 Å². The molecule has 1 heterocycles. The number of carbonyl (C=O) groups excluding carboxylic acids is 1. The minimum atomic E-state index is -0.432. The van der Waals surface area contributed by atoms with Gasteiger partial charge in [-0.2, -0.15) is 0 Å². The van der Waals surface area contributed by atoms with Crippen molar-refractivity contribution in [1.29, 1.82) is 0 Å². The summed E-state index contributed by atoms with van der Waals surface area (Å²) in [6.07, 6.45) is 0. The van der Waals surface area contributed by atoms with Crippen LogP contribution in [0.4, 0.5) is 0 Å². The van der Waals surface area contributed by atoms with Crippen molar-refractivity contribution in [2.75, 3.05) is 20.3 Å². The summed E-state index contributed by atoms with van der Waals surface area (Å²) in [4.78, 5) is 12.6. The van der Waals surface area contributed by atoms with E-state index in [0.29, 0.717) is 9.90 Å². The SMILES string of the molecule is COCC(CO)NC(=O)c1sc2ccccc2c1Cl. The lowest BCUT2D eigenvalue weighted by Gasteiger charge is -2.14. The van der Waals surface area contributed by atoms with Crippen LogP contribution >= 0.6 is 22.9 Å². The number of hydrogen-bond donors (Lipinski definition) is 2. The molecule has 0 fully saturated rings. The van der Waals surface area contributed by atoms with E-state index in [-0.39, 0.29) is 19.1 Å². The Hall–Kier alpha value is -1.14. The fraction of sp³-hybridized carbons (Fsp3) is 0.308. The van der Waals surface area contributed by atoms with Crippen LogP contribution in [0.5, 0.6) is 0 Å². The first kappa shape index (κ1) is 14.3. The number of methoxy groups -OCH3 is 1. The van der Waals surface area contributed by atoms with Gasteiger partial charge >= 0.3 is 0 Å². The normalized spacial score (nSPS) is 12.6. The lowest BCUT2D eigenvalue weighted by atomic mass is 10.2.